The summed E-state index contributed by atoms with van der Waals surface area (Å²) in [6.45, 7) is 0. The molecule has 4 heteroatoms. The van der Waals surface area contributed by atoms with Crippen molar-refractivity contribution in [3.8, 4) is 27.9 Å². The number of hydrogen-bond donors (Lipinski definition) is 0. The number of aromatic nitrogens is 1. The predicted molar refractivity (Wildman–Crippen MR) is 258 cm³/mol. The van der Waals surface area contributed by atoms with Gasteiger partial charge < -0.3 is 18.3 Å². The average Bonchev–Trinajstić information content (AvgIpc) is 4.02. The van der Waals surface area contributed by atoms with Gasteiger partial charge in [-0.15, -0.1) is 0 Å². The molecule has 0 bridgehead atoms. The van der Waals surface area contributed by atoms with E-state index in [-0.39, 0.29) is 0 Å². The minimum atomic E-state index is 0.856. The van der Waals surface area contributed by atoms with E-state index < -0.39 is 0 Å². The zero-order chi connectivity index (χ0) is 40.7. The second-order valence-electron chi connectivity index (χ2n) is 16.1. The molecule has 13 aromatic rings. The third kappa shape index (κ3) is 5.33. The Hall–Kier alpha value is -8.34. The summed E-state index contributed by atoms with van der Waals surface area (Å²) >= 11 is 0. The van der Waals surface area contributed by atoms with Crippen molar-refractivity contribution < 1.29 is 8.83 Å². The summed E-state index contributed by atoms with van der Waals surface area (Å²) < 4.78 is 15.3. The maximum Gasteiger partial charge on any atom is 0.143 e. The molecule has 0 atom stereocenters. The van der Waals surface area contributed by atoms with Crippen molar-refractivity contribution in [2.75, 3.05) is 4.90 Å². The van der Waals surface area contributed by atoms with Crippen molar-refractivity contribution in [3.05, 3.63) is 218 Å². The highest BCUT2D eigenvalue weighted by Gasteiger charge is 2.21. The van der Waals surface area contributed by atoms with Crippen LogP contribution in [0.15, 0.2) is 227 Å². The molecular formula is C58H36N2O2. The van der Waals surface area contributed by atoms with Crippen LogP contribution in [0.3, 0.4) is 0 Å². The summed E-state index contributed by atoms with van der Waals surface area (Å²) in [6, 6.07) is 78.0. The van der Waals surface area contributed by atoms with Crippen molar-refractivity contribution >= 4 is 93.5 Å². The van der Waals surface area contributed by atoms with Gasteiger partial charge in [0.25, 0.3) is 0 Å². The van der Waals surface area contributed by atoms with Crippen LogP contribution in [0, 0.1) is 0 Å². The highest BCUT2D eigenvalue weighted by Crippen LogP contribution is 2.45. The van der Waals surface area contributed by atoms with Gasteiger partial charge in [0.1, 0.15) is 22.3 Å². The standard InChI is InChI=1S/C58H36N2O2/c1-2-12-42(13-3-1)60-51-17-8-6-15-46(51)50-35-40(27-34-52(50)60)37-21-28-43(29-22-37)59(53-18-10-20-55-57(53)49-33-25-39-11-4-5-14-45(39)58(49)62-55)44-30-23-38(24-31-44)41-26-32-48-47-16-7-9-19-54(47)61-56(48)36-41/h1-36H. The second-order valence-corrected chi connectivity index (χ2v) is 16.1. The van der Waals surface area contributed by atoms with E-state index in [1.807, 2.05) is 12.1 Å². The van der Waals surface area contributed by atoms with E-state index in [0.717, 1.165) is 94.1 Å². The van der Waals surface area contributed by atoms with Gasteiger partial charge in [-0.25, -0.2) is 0 Å². The molecule has 4 nitrogen and oxygen atoms in total. The van der Waals surface area contributed by atoms with E-state index in [1.165, 1.54) is 27.4 Å². The first-order valence-electron chi connectivity index (χ1n) is 21.1. The first-order valence-corrected chi connectivity index (χ1v) is 21.1. The number of para-hydroxylation sites is 3. The van der Waals surface area contributed by atoms with Gasteiger partial charge >= 0.3 is 0 Å². The summed E-state index contributed by atoms with van der Waals surface area (Å²) in [4.78, 5) is 2.36. The molecule has 62 heavy (non-hydrogen) atoms. The molecular weight excluding hydrogens is 757 g/mol. The third-order valence-electron chi connectivity index (χ3n) is 12.6. The lowest BCUT2D eigenvalue weighted by molar-refractivity contribution is 0.669. The molecule has 0 radical (unpaired) electrons. The van der Waals surface area contributed by atoms with Crippen LogP contribution in [-0.2, 0) is 0 Å². The monoisotopic (exact) mass is 792 g/mol. The highest BCUT2D eigenvalue weighted by molar-refractivity contribution is 6.19. The SMILES string of the molecule is c1ccc(-n2c3ccccc3c3cc(-c4ccc(N(c5ccc(-c6ccc7c(c6)oc6ccccc67)cc5)c5cccc6oc7c8ccccc8ccc7c56)cc4)ccc32)cc1. The summed E-state index contributed by atoms with van der Waals surface area (Å²) in [7, 11) is 0. The number of fused-ring (bicyclic) bond motifs is 11. The Morgan fingerprint density at radius 2 is 0.935 bits per heavy atom. The van der Waals surface area contributed by atoms with E-state index in [9.17, 15) is 0 Å². The molecule has 290 valence electrons. The Morgan fingerprint density at radius 3 is 1.74 bits per heavy atom. The molecule has 3 heterocycles. The van der Waals surface area contributed by atoms with Crippen LogP contribution in [0.1, 0.15) is 0 Å². The van der Waals surface area contributed by atoms with Gasteiger partial charge in [-0.1, -0.05) is 127 Å². The molecule has 0 aliphatic rings. The normalized spacial score (nSPS) is 11.9. The van der Waals surface area contributed by atoms with Gasteiger partial charge in [0.05, 0.1) is 22.1 Å². The Bertz CT molecular complexity index is 3850. The van der Waals surface area contributed by atoms with Crippen LogP contribution >= 0.6 is 0 Å². The molecule has 13 rings (SSSR count). The minimum absolute atomic E-state index is 0.856. The van der Waals surface area contributed by atoms with E-state index >= 15 is 0 Å². The molecule has 0 aliphatic heterocycles. The predicted octanol–water partition coefficient (Wildman–Crippen LogP) is 16.5. The largest absolute Gasteiger partial charge is 0.456 e. The van der Waals surface area contributed by atoms with Gasteiger partial charge in [-0.05, 0) is 119 Å². The zero-order valence-electron chi connectivity index (χ0n) is 33.5. The maximum atomic E-state index is 6.70. The fourth-order valence-corrected chi connectivity index (χ4v) is 9.67. The van der Waals surface area contributed by atoms with Crippen LogP contribution in [-0.4, -0.2) is 4.57 Å². The number of rotatable bonds is 6. The zero-order valence-corrected chi connectivity index (χ0v) is 33.5. The van der Waals surface area contributed by atoms with Gasteiger partial charge in [0, 0.05) is 49.4 Å². The van der Waals surface area contributed by atoms with E-state index in [0.29, 0.717) is 0 Å². The van der Waals surface area contributed by atoms with Crippen LogP contribution in [0.5, 0.6) is 0 Å². The Morgan fingerprint density at radius 1 is 0.339 bits per heavy atom. The minimum Gasteiger partial charge on any atom is -0.456 e. The number of hydrogen-bond acceptors (Lipinski definition) is 3. The smallest absolute Gasteiger partial charge is 0.143 e. The average molecular weight is 793 g/mol. The summed E-state index contributed by atoms with van der Waals surface area (Å²) in [6.07, 6.45) is 0. The Kier molecular flexibility index (Phi) is 7.57. The first-order chi connectivity index (χ1) is 30.7. The van der Waals surface area contributed by atoms with Crippen molar-refractivity contribution in [1.29, 1.82) is 0 Å². The molecule has 0 fully saturated rings. The van der Waals surface area contributed by atoms with Crippen molar-refractivity contribution in [3.63, 3.8) is 0 Å². The van der Waals surface area contributed by atoms with Crippen LogP contribution in [0.2, 0.25) is 0 Å². The fourth-order valence-electron chi connectivity index (χ4n) is 9.67. The Labute approximate surface area is 356 Å². The molecule has 3 aromatic heterocycles. The van der Waals surface area contributed by atoms with Crippen LogP contribution < -0.4 is 4.90 Å². The van der Waals surface area contributed by atoms with Crippen molar-refractivity contribution in [1.82, 2.24) is 4.57 Å². The van der Waals surface area contributed by atoms with Gasteiger partial charge in [0.15, 0.2) is 0 Å². The maximum absolute atomic E-state index is 6.70. The number of furan rings is 2. The molecule has 0 amide bonds. The Balaban J connectivity index is 0.943. The van der Waals surface area contributed by atoms with Crippen LogP contribution in [0.4, 0.5) is 17.1 Å². The highest BCUT2D eigenvalue weighted by atomic mass is 16.3. The second kappa shape index (κ2) is 13.6. The van der Waals surface area contributed by atoms with Gasteiger partial charge in [-0.3, -0.25) is 0 Å². The lowest BCUT2D eigenvalue weighted by Gasteiger charge is -2.26. The quantitative estimate of drug-likeness (QED) is 0.168. The molecule has 0 saturated carbocycles. The summed E-state index contributed by atoms with van der Waals surface area (Å²) in [5, 5.41) is 9.18. The molecule has 0 unspecified atom stereocenters. The molecule has 10 aromatic carbocycles. The first kappa shape index (κ1) is 34.5. The fraction of sp³-hybridized carbons (Fsp3) is 0. The third-order valence-corrected chi connectivity index (χ3v) is 12.6. The van der Waals surface area contributed by atoms with E-state index in [2.05, 4.69) is 216 Å². The lowest BCUT2D eigenvalue weighted by atomic mass is 10.0. The van der Waals surface area contributed by atoms with Crippen LogP contribution in [0.25, 0.3) is 104 Å². The lowest BCUT2D eigenvalue weighted by Crippen LogP contribution is -2.10. The van der Waals surface area contributed by atoms with E-state index in [4.69, 9.17) is 8.83 Å². The molecule has 0 N–H and O–H groups in total. The summed E-state index contributed by atoms with van der Waals surface area (Å²) in [5.41, 5.74) is 14.8. The van der Waals surface area contributed by atoms with Gasteiger partial charge in [-0.2, -0.15) is 0 Å². The molecule has 0 spiro atoms. The number of anilines is 3. The van der Waals surface area contributed by atoms with E-state index in [1.54, 1.807) is 0 Å². The molecule has 0 saturated heterocycles. The number of benzene rings is 10. The summed E-state index contributed by atoms with van der Waals surface area (Å²) in [5.74, 6) is 0. The van der Waals surface area contributed by atoms with Gasteiger partial charge in [0.2, 0.25) is 0 Å². The van der Waals surface area contributed by atoms with Crippen molar-refractivity contribution in [2.45, 2.75) is 0 Å². The molecule has 0 aliphatic carbocycles. The topological polar surface area (TPSA) is 34.5 Å². The number of nitrogens with zero attached hydrogens (tertiary/aromatic N) is 2. The van der Waals surface area contributed by atoms with Crippen molar-refractivity contribution in [2.24, 2.45) is 0 Å².